The minimum Gasteiger partial charge on any atom is -0.392 e. The standard InChI is InChI=1S/C11H15FOS/c1-2-3-4-14-11-6-9(8-13)5-10(12)7-11/h5-7,13H,2-4,8H2,1H3. The summed E-state index contributed by atoms with van der Waals surface area (Å²) in [5, 5.41) is 8.88. The third-order valence-corrected chi connectivity index (χ3v) is 2.94. The molecule has 1 aromatic carbocycles. The monoisotopic (exact) mass is 214 g/mol. The van der Waals surface area contributed by atoms with E-state index < -0.39 is 0 Å². The summed E-state index contributed by atoms with van der Waals surface area (Å²) < 4.78 is 13.0. The Morgan fingerprint density at radius 1 is 1.36 bits per heavy atom. The van der Waals surface area contributed by atoms with Gasteiger partial charge in [0.2, 0.25) is 0 Å². The molecule has 78 valence electrons. The third kappa shape index (κ3) is 3.68. The van der Waals surface area contributed by atoms with Crippen LogP contribution < -0.4 is 0 Å². The second-order valence-electron chi connectivity index (χ2n) is 3.16. The Balaban J connectivity index is 2.62. The van der Waals surface area contributed by atoms with Gasteiger partial charge in [0.25, 0.3) is 0 Å². The van der Waals surface area contributed by atoms with Crippen molar-refractivity contribution in [2.24, 2.45) is 0 Å². The zero-order chi connectivity index (χ0) is 10.4. The fourth-order valence-electron chi connectivity index (χ4n) is 1.13. The van der Waals surface area contributed by atoms with Gasteiger partial charge in [0, 0.05) is 4.90 Å². The topological polar surface area (TPSA) is 20.2 Å². The molecule has 0 radical (unpaired) electrons. The van der Waals surface area contributed by atoms with Crippen LogP contribution in [-0.2, 0) is 6.61 Å². The first-order valence-electron chi connectivity index (χ1n) is 4.79. The van der Waals surface area contributed by atoms with Crippen LogP contribution in [-0.4, -0.2) is 10.9 Å². The molecule has 0 aliphatic carbocycles. The predicted molar refractivity (Wildman–Crippen MR) is 58.0 cm³/mol. The van der Waals surface area contributed by atoms with Gasteiger partial charge in [-0.2, -0.15) is 0 Å². The SMILES string of the molecule is CCCCSc1cc(F)cc(CO)c1. The molecule has 0 bridgehead atoms. The van der Waals surface area contributed by atoms with Crippen molar-refractivity contribution < 1.29 is 9.50 Å². The summed E-state index contributed by atoms with van der Waals surface area (Å²) in [6.07, 6.45) is 2.28. The molecule has 1 rings (SSSR count). The molecule has 0 saturated heterocycles. The molecule has 3 heteroatoms. The fourth-order valence-corrected chi connectivity index (χ4v) is 2.23. The Labute approximate surface area is 88.3 Å². The smallest absolute Gasteiger partial charge is 0.124 e. The lowest BCUT2D eigenvalue weighted by molar-refractivity contribution is 0.281. The first-order chi connectivity index (χ1) is 6.76. The Kier molecular flexibility index (Phi) is 4.98. The van der Waals surface area contributed by atoms with E-state index in [1.54, 1.807) is 11.8 Å². The third-order valence-electron chi connectivity index (χ3n) is 1.88. The number of aliphatic hydroxyl groups is 1. The number of unbranched alkanes of at least 4 members (excludes halogenated alkanes) is 1. The van der Waals surface area contributed by atoms with E-state index in [0.29, 0.717) is 5.56 Å². The van der Waals surface area contributed by atoms with Crippen molar-refractivity contribution in [2.45, 2.75) is 31.3 Å². The quantitative estimate of drug-likeness (QED) is 0.600. The molecule has 1 nitrogen and oxygen atoms in total. The van der Waals surface area contributed by atoms with Crippen LogP contribution in [0.25, 0.3) is 0 Å². The molecule has 0 fully saturated rings. The lowest BCUT2D eigenvalue weighted by Crippen LogP contribution is -1.87. The van der Waals surface area contributed by atoms with E-state index in [2.05, 4.69) is 6.92 Å². The normalized spacial score (nSPS) is 10.5. The number of halogens is 1. The Bertz CT molecular complexity index is 289. The number of hydrogen-bond acceptors (Lipinski definition) is 2. The van der Waals surface area contributed by atoms with Crippen LogP contribution in [0.15, 0.2) is 23.1 Å². The highest BCUT2D eigenvalue weighted by molar-refractivity contribution is 7.99. The van der Waals surface area contributed by atoms with Crippen molar-refractivity contribution in [3.8, 4) is 0 Å². The van der Waals surface area contributed by atoms with E-state index in [0.717, 1.165) is 23.5 Å². The summed E-state index contributed by atoms with van der Waals surface area (Å²) in [7, 11) is 0. The average molecular weight is 214 g/mol. The molecule has 0 aliphatic rings. The largest absolute Gasteiger partial charge is 0.392 e. The minimum atomic E-state index is -0.268. The lowest BCUT2D eigenvalue weighted by atomic mass is 10.2. The molecule has 14 heavy (non-hydrogen) atoms. The first-order valence-corrected chi connectivity index (χ1v) is 5.78. The van der Waals surface area contributed by atoms with E-state index in [1.165, 1.54) is 12.1 Å². The summed E-state index contributed by atoms with van der Waals surface area (Å²) in [6.45, 7) is 2.03. The Morgan fingerprint density at radius 3 is 2.79 bits per heavy atom. The molecule has 0 saturated carbocycles. The van der Waals surface area contributed by atoms with E-state index in [1.807, 2.05) is 6.07 Å². The zero-order valence-electron chi connectivity index (χ0n) is 8.29. The van der Waals surface area contributed by atoms with Crippen molar-refractivity contribution in [3.05, 3.63) is 29.6 Å². The molecule has 0 atom stereocenters. The van der Waals surface area contributed by atoms with E-state index in [9.17, 15) is 4.39 Å². The van der Waals surface area contributed by atoms with Crippen LogP contribution in [0.2, 0.25) is 0 Å². The summed E-state index contributed by atoms with van der Waals surface area (Å²) in [5.74, 6) is 0.737. The molecule has 0 amide bonds. The maximum Gasteiger partial charge on any atom is 0.124 e. The van der Waals surface area contributed by atoms with Crippen LogP contribution in [0, 0.1) is 5.82 Å². The number of rotatable bonds is 5. The molecule has 0 spiro atoms. The van der Waals surface area contributed by atoms with Crippen LogP contribution in [0.1, 0.15) is 25.3 Å². The summed E-state index contributed by atoms with van der Waals surface area (Å²) in [5.41, 5.74) is 0.643. The molecule has 1 N–H and O–H groups in total. The van der Waals surface area contributed by atoms with Gasteiger partial charge >= 0.3 is 0 Å². The van der Waals surface area contributed by atoms with Crippen LogP contribution in [0.3, 0.4) is 0 Å². The van der Waals surface area contributed by atoms with Gasteiger partial charge in [-0.3, -0.25) is 0 Å². The summed E-state index contributed by atoms with van der Waals surface area (Å²) in [4.78, 5) is 0.905. The van der Waals surface area contributed by atoms with Crippen molar-refractivity contribution >= 4 is 11.8 Å². The highest BCUT2D eigenvalue weighted by atomic mass is 32.2. The second kappa shape index (κ2) is 6.04. The van der Waals surface area contributed by atoms with Gasteiger partial charge in [-0.05, 0) is 35.9 Å². The molecule has 0 aromatic heterocycles. The Hall–Kier alpha value is -0.540. The van der Waals surface area contributed by atoms with Gasteiger partial charge in [-0.15, -0.1) is 11.8 Å². The van der Waals surface area contributed by atoms with E-state index in [-0.39, 0.29) is 12.4 Å². The predicted octanol–water partition coefficient (Wildman–Crippen LogP) is 3.21. The lowest BCUT2D eigenvalue weighted by Gasteiger charge is -2.03. The maximum atomic E-state index is 13.0. The van der Waals surface area contributed by atoms with Gasteiger partial charge in [0.05, 0.1) is 6.61 Å². The van der Waals surface area contributed by atoms with E-state index in [4.69, 9.17) is 5.11 Å². The number of benzene rings is 1. The first kappa shape index (κ1) is 11.5. The summed E-state index contributed by atoms with van der Waals surface area (Å²) >= 11 is 1.64. The van der Waals surface area contributed by atoms with Crippen molar-refractivity contribution in [3.63, 3.8) is 0 Å². The molecular weight excluding hydrogens is 199 g/mol. The van der Waals surface area contributed by atoms with Crippen LogP contribution >= 0.6 is 11.8 Å². The van der Waals surface area contributed by atoms with Gasteiger partial charge in [0.1, 0.15) is 5.82 Å². The zero-order valence-corrected chi connectivity index (χ0v) is 9.11. The molecule has 0 unspecified atom stereocenters. The highest BCUT2D eigenvalue weighted by Gasteiger charge is 2.00. The van der Waals surface area contributed by atoms with Crippen molar-refractivity contribution in [1.29, 1.82) is 0 Å². The number of hydrogen-bond donors (Lipinski definition) is 1. The maximum absolute atomic E-state index is 13.0. The number of thioether (sulfide) groups is 1. The second-order valence-corrected chi connectivity index (χ2v) is 4.32. The number of aliphatic hydroxyl groups excluding tert-OH is 1. The van der Waals surface area contributed by atoms with Crippen molar-refractivity contribution in [2.75, 3.05) is 5.75 Å². The van der Waals surface area contributed by atoms with Gasteiger partial charge < -0.3 is 5.11 Å². The molecule has 1 aromatic rings. The fraction of sp³-hybridized carbons (Fsp3) is 0.455. The van der Waals surface area contributed by atoms with Gasteiger partial charge in [-0.25, -0.2) is 4.39 Å². The Morgan fingerprint density at radius 2 is 2.14 bits per heavy atom. The van der Waals surface area contributed by atoms with Crippen LogP contribution in [0.5, 0.6) is 0 Å². The average Bonchev–Trinajstić information content (AvgIpc) is 2.17. The summed E-state index contributed by atoms with van der Waals surface area (Å²) in [6, 6.07) is 4.72. The highest BCUT2D eigenvalue weighted by Crippen LogP contribution is 2.22. The molecular formula is C11H15FOS. The van der Waals surface area contributed by atoms with E-state index >= 15 is 0 Å². The van der Waals surface area contributed by atoms with Gasteiger partial charge in [-0.1, -0.05) is 13.3 Å². The van der Waals surface area contributed by atoms with Gasteiger partial charge in [0.15, 0.2) is 0 Å². The minimum absolute atomic E-state index is 0.0981. The van der Waals surface area contributed by atoms with Crippen molar-refractivity contribution in [1.82, 2.24) is 0 Å². The molecule has 0 heterocycles. The molecule has 0 aliphatic heterocycles. The van der Waals surface area contributed by atoms with Crippen LogP contribution in [0.4, 0.5) is 4.39 Å².